The molecule has 0 saturated heterocycles. The fraction of sp³-hybridized carbons (Fsp3) is 0.870. The van der Waals surface area contributed by atoms with Gasteiger partial charge in [0.2, 0.25) is 0 Å². The lowest BCUT2D eigenvalue weighted by Gasteiger charge is -2.03. The minimum absolute atomic E-state index is 0.0189. The molecule has 0 atom stereocenters. The fourth-order valence-electron chi connectivity index (χ4n) is 2.98. The van der Waals surface area contributed by atoms with Gasteiger partial charge < -0.3 is 4.74 Å². The quantitative estimate of drug-likeness (QED) is 0.135. The van der Waals surface area contributed by atoms with Gasteiger partial charge in [-0.1, -0.05) is 90.2 Å². The Morgan fingerprint density at radius 3 is 1.64 bits per heavy atom. The molecule has 25 heavy (non-hydrogen) atoms. The van der Waals surface area contributed by atoms with E-state index in [1.165, 1.54) is 89.9 Å². The van der Waals surface area contributed by atoms with Gasteiger partial charge in [-0.05, 0) is 38.5 Å². The molecule has 0 rings (SSSR count). The first kappa shape index (κ1) is 24.2. The van der Waals surface area contributed by atoms with Crippen molar-refractivity contribution in [3.63, 3.8) is 0 Å². The number of hydrogen-bond donors (Lipinski definition) is 0. The molecule has 0 aliphatic heterocycles. The second-order valence-corrected chi connectivity index (χ2v) is 7.26. The average Bonchev–Trinajstić information content (AvgIpc) is 2.62. The molecule has 0 aromatic heterocycles. The summed E-state index contributed by atoms with van der Waals surface area (Å²) in [5, 5.41) is 0. The van der Waals surface area contributed by atoms with Crippen molar-refractivity contribution < 1.29 is 9.53 Å². The molecule has 0 fully saturated rings. The number of unbranched alkanes of at least 4 members (excludes halogenated alkanes) is 13. The zero-order valence-corrected chi connectivity index (χ0v) is 17.2. The number of ether oxygens (including phenoxy) is 1. The monoisotopic (exact) mass is 352 g/mol. The molecule has 0 saturated carbocycles. The highest BCUT2D eigenvalue weighted by atomic mass is 16.5. The SMILES string of the molecule is CCCCCCCC/C=C\CCCCCCCCCC(=O)OCCC. The highest BCUT2D eigenvalue weighted by Crippen LogP contribution is 2.11. The van der Waals surface area contributed by atoms with Crippen LogP contribution in [0.25, 0.3) is 0 Å². The molecule has 0 amide bonds. The summed E-state index contributed by atoms with van der Waals surface area (Å²) in [6, 6.07) is 0. The topological polar surface area (TPSA) is 26.3 Å². The molecule has 0 bridgehead atoms. The van der Waals surface area contributed by atoms with Gasteiger partial charge in [0.1, 0.15) is 0 Å². The van der Waals surface area contributed by atoms with Crippen molar-refractivity contribution in [1.82, 2.24) is 0 Å². The summed E-state index contributed by atoms with van der Waals surface area (Å²) in [6.07, 6.45) is 25.9. The number of allylic oxidation sites excluding steroid dienone is 2. The lowest BCUT2D eigenvalue weighted by atomic mass is 10.1. The normalized spacial score (nSPS) is 11.3. The van der Waals surface area contributed by atoms with Gasteiger partial charge in [0.05, 0.1) is 6.61 Å². The number of hydrogen-bond acceptors (Lipinski definition) is 2. The zero-order valence-electron chi connectivity index (χ0n) is 17.2. The van der Waals surface area contributed by atoms with Crippen molar-refractivity contribution in [3.8, 4) is 0 Å². The first-order valence-electron chi connectivity index (χ1n) is 11.1. The third kappa shape index (κ3) is 21.2. The van der Waals surface area contributed by atoms with Crippen LogP contribution in [0.2, 0.25) is 0 Å². The molecule has 0 spiro atoms. The minimum atomic E-state index is -0.0189. The van der Waals surface area contributed by atoms with Crippen LogP contribution >= 0.6 is 0 Å². The van der Waals surface area contributed by atoms with Gasteiger partial charge in [0.25, 0.3) is 0 Å². The Hall–Kier alpha value is -0.790. The third-order valence-electron chi connectivity index (χ3n) is 4.61. The van der Waals surface area contributed by atoms with Crippen molar-refractivity contribution in [2.75, 3.05) is 6.61 Å². The van der Waals surface area contributed by atoms with Crippen molar-refractivity contribution in [3.05, 3.63) is 12.2 Å². The van der Waals surface area contributed by atoms with Crippen molar-refractivity contribution in [1.29, 1.82) is 0 Å². The predicted octanol–water partition coefficient (Wildman–Crippen LogP) is 7.76. The van der Waals surface area contributed by atoms with Crippen LogP contribution in [-0.2, 0) is 9.53 Å². The van der Waals surface area contributed by atoms with Crippen LogP contribution in [0.1, 0.15) is 123 Å². The average molecular weight is 353 g/mol. The predicted molar refractivity (Wildman–Crippen MR) is 110 cm³/mol. The molecule has 148 valence electrons. The molecule has 0 aliphatic rings. The van der Waals surface area contributed by atoms with E-state index in [0.29, 0.717) is 13.0 Å². The molecule has 0 radical (unpaired) electrons. The van der Waals surface area contributed by atoms with Crippen LogP contribution < -0.4 is 0 Å². The van der Waals surface area contributed by atoms with E-state index in [2.05, 4.69) is 19.1 Å². The summed E-state index contributed by atoms with van der Waals surface area (Å²) in [5.74, 6) is -0.0189. The van der Waals surface area contributed by atoms with E-state index in [4.69, 9.17) is 4.74 Å². The lowest BCUT2D eigenvalue weighted by Crippen LogP contribution is -2.04. The summed E-state index contributed by atoms with van der Waals surface area (Å²) < 4.78 is 5.07. The van der Waals surface area contributed by atoms with Crippen molar-refractivity contribution in [2.45, 2.75) is 123 Å². The zero-order chi connectivity index (χ0) is 18.4. The second-order valence-electron chi connectivity index (χ2n) is 7.26. The number of carbonyl (C=O) groups excluding carboxylic acids is 1. The largest absolute Gasteiger partial charge is 0.466 e. The van der Waals surface area contributed by atoms with E-state index in [1.807, 2.05) is 6.92 Å². The Bertz CT molecular complexity index is 296. The molecule has 0 aliphatic carbocycles. The van der Waals surface area contributed by atoms with E-state index in [0.717, 1.165) is 12.8 Å². The van der Waals surface area contributed by atoms with Crippen LogP contribution in [0.3, 0.4) is 0 Å². The number of esters is 1. The Kier molecular flexibility index (Phi) is 20.6. The Labute approximate surface area is 157 Å². The van der Waals surface area contributed by atoms with Crippen molar-refractivity contribution in [2.24, 2.45) is 0 Å². The summed E-state index contributed by atoms with van der Waals surface area (Å²) >= 11 is 0. The van der Waals surface area contributed by atoms with Crippen LogP contribution in [0, 0.1) is 0 Å². The standard InChI is InChI=1S/C23H44O2/c1-3-5-6-7-8-9-10-11-12-13-14-15-16-17-18-19-20-21-23(24)25-22-4-2/h11-12H,3-10,13-22H2,1-2H3/b12-11-. The highest BCUT2D eigenvalue weighted by Gasteiger charge is 2.01. The van der Waals surface area contributed by atoms with Gasteiger partial charge in [-0.3, -0.25) is 4.79 Å². The van der Waals surface area contributed by atoms with Gasteiger partial charge in [0, 0.05) is 6.42 Å². The maximum absolute atomic E-state index is 11.3. The van der Waals surface area contributed by atoms with E-state index < -0.39 is 0 Å². The smallest absolute Gasteiger partial charge is 0.305 e. The summed E-state index contributed by atoms with van der Waals surface area (Å²) in [7, 11) is 0. The third-order valence-corrected chi connectivity index (χ3v) is 4.61. The molecule has 0 heterocycles. The summed E-state index contributed by atoms with van der Waals surface area (Å²) in [5.41, 5.74) is 0. The Morgan fingerprint density at radius 1 is 0.640 bits per heavy atom. The Balaban J connectivity index is 3.13. The van der Waals surface area contributed by atoms with Gasteiger partial charge in [0.15, 0.2) is 0 Å². The molecule has 0 N–H and O–H groups in total. The number of rotatable bonds is 19. The molecule has 0 unspecified atom stereocenters. The van der Waals surface area contributed by atoms with Gasteiger partial charge in [-0.2, -0.15) is 0 Å². The maximum Gasteiger partial charge on any atom is 0.305 e. The summed E-state index contributed by atoms with van der Waals surface area (Å²) in [6.45, 7) is 4.88. The maximum atomic E-state index is 11.3. The fourth-order valence-corrected chi connectivity index (χ4v) is 2.98. The van der Waals surface area contributed by atoms with Crippen LogP contribution in [0.15, 0.2) is 12.2 Å². The molecule has 2 nitrogen and oxygen atoms in total. The Morgan fingerprint density at radius 2 is 1.12 bits per heavy atom. The second kappa shape index (κ2) is 21.3. The molecular formula is C23H44O2. The molecular weight excluding hydrogens is 308 g/mol. The van der Waals surface area contributed by atoms with E-state index in [9.17, 15) is 4.79 Å². The highest BCUT2D eigenvalue weighted by molar-refractivity contribution is 5.69. The lowest BCUT2D eigenvalue weighted by molar-refractivity contribution is -0.143. The molecule has 0 aromatic carbocycles. The minimum Gasteiger partial charge on any atom is -0.466 e. The van der Waals surface area contributed by atoms with Crippen LogP contribution in [0.4, 0.5) is 0 Å². The van der Waals surface area contributed by atoms with E-state index in [1.54, 1.807) is 0 Å². The first-order chi connectivity index (χ1) is 12.3. The van der Waals surface area contributed by atoms with Crippen molar-refractivity contribution >= 4 is 5.97 Å². The van der Waals surface area contributed by atoms with Gasteiger partial charge >= 0.3 is 5.97 Å². The summed E-state index contributed by atoms with van der Waals surface area (Å²) in [4.78, 5) is 11.3. The van der Waals surface area contributed by atoms with Crippen LogP contribution in [0.5, 0.6) is 0 Å². The van der Waals surface area contributed by atoms with Crippen LogP contribution in [-0.4, -0.2) is 12.6 Å². The molecule has 0 aromatic rings. The molecule has 2 heteroatoms. The van der Waals surface area contributed by atoms with E-state index in [-0.39, 0.29) is 5.97 Å². The van der Waals surface area contributed by atoms with Gasteiger partial charge in [-0.15, -0.1) is 0 Å². The van der Waals surface area contributed by atoms with Gasteiger partial charge in [-0.25, -0.2) is 0 Å². The number of carbonyl (C=O) groups is 1. The van der Waals surface area contributed by atoms with E-state index >= 15 is 0 Å². The first-order valence-corrected chi connectivity index (χ1v) is 11.1.